The third kappa shape index (κ3) is 4.41. The Labute approximate surface area is 184 Å². The van der Waals surface area contributed by atoms with E-state index in [-0.39, 0.29) is 17.7 Å². The number of fused-ring (bicyclic) bond motifs is 1. The number of nitrogens with zero attached hydrogens (tertiary/aromatic N) is 2. The molecule has 31 heavy (non-hydrogen) atoms. The average Bonchev–Trinajstić information content (AvgIpc) is 2.78. The molecule has 0 aliphatic heterocycles. The van der Waals surface area contributed by atoms with Crippen LogP contribution < -0.4 is 15.2 Å². The molecule has 0 aliphatic carbocycles. The van der Waals surface area contributed by atoms with E-state index >= 15 is 0 Å². The number of anilines is 1. The van der Waals surface area contributed by atoms with Crippen molar-refractivity contribution in [1.29, 1.82) is 0 Å². The van der Waals surface area contributed by atoms with Crippen LogP contribution >= 0.6 is 11.6 Å². The van der Waals surface area contributed by atoms with Crippen LogP contribution in [0.4, 0.5) is 5.69 Å². The summed E-state index contributed by atoms with van der Waals surface area (Å²) >= 11 is 6.43. The third-order valence-corrected chi connectivity index (χ3v) is 5.20. The van der Waals surface area contributed by atoms with Crippen molar-refractivity contribution in [3.8, 4) is 5.75 Å². The van der Waals surface area contributed by atoms with Gasteiger partial charge in [0.2, 0.25) is 6.79 Å². The van der Waals surface area contributed by atoms with Crippen LogP contribution in [0.5, 0.6) is 5.75 Å². The Morgan fingerprint density at radius 2 is 1.77 bits per heavy atom. The summed E-state index contributed by atoms with van der Waals surface area (Å²) in [6, 6.07) is 14.1. The first-order valence-electron chi connectivity index (χ1n) is 9.87. The van der Waals surface area contributed by atoms with Gasteiger partial charge in [0.05, 0.1) is 15.9 Å². The van der Waals surface area contributed by atoms with Gasteiger partial charge in [0.1, 0.15) is 5.56 Å². The predicted octanol–water partition coefficient (Wildman–Crippen LogP) is 4.15. The Bertz CT molecular complexity index is 1170. The highest BCUT2D eigenvalue weighted by molar-refractivity contribution is 6.36. The van der Waals surface area contributed by atoms with E-state index in [9.17, 15) is 14.4 Å². The number of benzene rings is 2. The fourth-order valence-electron chi connectivity index (χ4n) is 3.29. The highest BCUT2D eigenvalue weighted by atomic mass is 35.5. The number of hydrogen-bond acceptors (Lipinski definition) is 5. The van der Waals surface area contributed by atoms with Gasteiger partial charge in [-0.3, -0.25) is 14.4 Å². The maximum atomic E-state index is 13.6. The summed E-state index contributed by atoms with van der Waals surface area (Å²) in [5.41, 5.74) is 0.417. The molecule has 3 aromatic rings. The second-order valence-electron chi connectivity index (χ2n) is 6.72. The van der Waals surface area contributed by atoms with Crippen LogP contribution in [0.2, 0.25) is 5.02 Å². The number of ether oxygens (including phenoxy) is 2. The number of esters is 1. The Morgan fingerprint density at radius 3 is 2.42 bits per heavy atom. The van der Waals surface area contributed by atoms with Crippen molar-refractivity contribution < 1.29 is 19.1 Å². The van der Waals surface area contributed by atoms with E-state index in [2.05, 4.69) is 0 Å². The first kappa shape index (κ1) is 22.4. The van der Waals surface area contributed by atoms with Gasteiger partial charge in [-0.15, -0.1) is 0 Å². The highest BCUT2D eigenvalue weighted by Gasteiger charge is 2.28. The zero-order chi connectivity index (χ0) is 22.5. The molecule has 0 unspecified atom stereocenters. The molecule has 7 nitrogen and oxygen atoms in total. The number of para-hydroxylation sites is 1. The molecule has 162 valence electrons. The number of carbonyl (C=O) groups excluding carboxylic acids is 2. The molecule has 0 N–H and O–H groups in total. The van der Waals surface area contributed by atoms with Gasteiger partial charge in [-0.05, 0) is 31.2 Å². The van der Waals surface area contributed by atoms with Gasteiger partial charge in [0.15, 0.2) is 5.75 Å². The summed E-state index contributed by atoms with van der Waals surface area (Å²) in [6.07, 6.45) is 0.171. The number of pyridine rings is 1. The smallest absolute Gasteiger partial charge is 0.308 e. The van der Waals surface area contributed by atoms with E-state index in [4.69, 9.17) is 21.1 Å². The second-order valence-corrected chi connectivity index (χ2v) is 7.13. The van der Waals surface area contributed by atoms with Gasteiger partial charge in [-0.2, -0.15) is 0 Å². The standard InChI is InChI=1S/C23H23ClN2O5/c1-4-18(27)30-14-31-21-19-16(24)12-9-13-17(19)25(3)22(28)20(21)23(29)26(5-2)15-10-7-6-8-11-15/h6-13H,4-5,14H2,1-3H3. The lowest BCUT2D eigenvalue weighted by Gasteiger charge is -2.23. The lowest BCUT2D eigenvalue weighted by atomic mass is 10.1. The van der Waals surface area contributed by atoms with Crippen LogP contribution in [0.25, 0.3) is 10.9 Å². The molecule has 3 rings (SSSR count). The minimum absolute atomic E-state index is 0.00742. The van der Waals surface area contributed by atoms with Crippen LogP contribution in [0.1, 0.15) is 30.6 Å². The summed E-state index contributed by atoms with van der Waals surface area (Å²) in [5.74, 6) is -1.01. The molecular formula is C23H23ClN2O5. The lowest BCUT2D eigenvalue weighted by molar-refractivity contribution is -0.149. The van der Waals surface area contributed by atoms with E-state index in [0.717, 1.165) is 0 Å². The summed E-state index contributed by atoms with van der Waals surface area (Å²) in [4.78, 5) is 39.8. The number of aromatic nitrogens is 1. The lowest BCUT2D eigenvalue weighted by Crippen LogP contribution is -2.37. The third-order valence-electron chi connectivity index (χ3n) is 4.88. The van der Waals surface area contributed by atoms with Gasteiger partial charge in [0, 0.05) is 25.7 Å². The van der Waals surface area contributed by atoms with Crippen LogP contribution in [-0.2, 0) is 16.6 Å². The number of hydrogen-bond donors (Lipinski definition) is 0. The molecule has 8 heteroatoms. The maximum Gasteiger partial charge on any atom is 0.308 e. The van der Waals surface area contributed by atoms with Crippen molar-refractivity contribution in [2.45, 2.75) is 20.3 Å². The maximum absolute atomic E-state index is 13.6. The Hall–Kier alpha value is -3.32. The number of carbonyl (C=O) groups is 2. The molecular weight excluding hydrogens is 420 g/mol. The van der Waals surface area contributed by atoms with Crippen LogP contribution in [-0.4, -0.2) is 29.8 Å². The normalized spacial score (nSPS) is 10.7. The van der Waals surface area contributed by atoms with Gasteiger partial charge >= 0.3 is 5.97 Å². The largest absolute Gasteiger partial charge is 0.456 e. The molecule has 0 saturated heterocycles. The Kier molecular flexibility index (Phi) is 6.97. The van der Waals surface area contributed by atoms with Crippen molar-refractivity contribution >= 4 is 40.1 Å². The first-order valence-corrected chi connectivity index (χ1v) is 10.2. The molecule has 1 heterocycles. The van der Waals surface area contributed by atoms with E-state index < -0.39 is 24.2 Å². The zero-order valence-corrected chi connectivity index (χ0v) is 18.3. The number of amides is 1. The summed E-state index contributed by atoms with van der Waals surface area (Å²) in [6.45, 7) is 3.35. The molecule has 1 aromatic heterocycles. The molecule has 0 bridgehead atoms. The SMILES string of the molecule is CCC(=O)OCOc1c(C(=O)N(CC)c2ccccc2)c(=O)n(C)c2cccc(Cl)c12. The van der Waals surface area contributed by atoms with Gasteiger partial charge < -0.3 is 18.9 Å². The quantitative estimate of drug-likeness (QED) is 0.406. The Balaban J connectivity index is 2.21. The highest BCUT2D eigenvalue weighted by Crippen LogP contribution is 2.34. The van der Waals surface area contributed by atoms with Crippen molar-refractivity contribution in [3.63, 3.8) is 0 Å². The molecule has 0 spiro atoms. The molecule has 0 aliphatic rings. The van der Waals surface area contributed by atoms with Crippen LogP contribution in [0.15, 0.2) is 53.3 Å². The number of rotatable bonds is 7. The monoisotopic (exact) mass is 442 g/mol. The zero-order valence-electron chi connectivity index (χ0n) is 17.6. The van der Waals surface area contributed by atoms with E-state index in [1.165, 1.54) is 9.47 Å². The average molecular weight is 443 g/mol. The van der Waals surface area contributed by atoms with Crippen molar-refractivity contribution in [2.24, 2.45) is 7.05 Å². The van der Waals surface area contributed by atoms with Crippen LogP contribution in [0, 0.1) is 0 Å². The van der Waals surface area contributed by atoms with Crippen molar-refractivity contribution in [2.75, 3.05) is 18.2 Å². The molecule has 1 amide bonds. The first-order chi connectivity index (χ1) is 14.9. The molecule has 0 atom stereocenters. The second kappa shape index (κ2) is 9.66. The Morgan fingerprint density at radius 1 is 1.06 bits per heavy atom. The van der Waals surface area contributed by atoms with Crippen molar-refractivity contribution in [3.05, 3.63) is 69.5 Å². The number of aryl methyl sites for hydroxylation is 1. The van der Waals surface area contributed by atoms with Gasteiger partial charge in [0.25, 0.3) is 11.5 Å². The number of halogens is 1. The van der Waals surface area contributed by atoms with Gasteiger partial charge in [-0.1, -0.05) is 42.8 Å². The topological polar surface area (TPSA) is 77.8 Å². The van der Waals surface area contributed by atoms with Crippen LogP contribution in [0.3, 0.4) is 0 Å². The fraction of sp³-hybridized carbons (Fsp3) is 0.261. The molecule has 0 saturated carbocycles. The van der Waals surface area contributed by atoms with E-state index in [1.807, 2.05) is 25.1 Å². The molecule has 0 fully saturated rings. The fourth-order valence-corrected chi connectivity index (χ4v) is 3.55. The van der Waals surface area contributed by atoms with Gasteiger partial charge in [-0.25, -0.2) is 0 Å². The van der Waals surface area contributed by atoms with Crippen molar-refractivity contribution in [1.82, 2.24) is 4.57 Å². The minimum atomic E-state index is -0.536. The van der Waals surface area contributed by atoms with E-state index in [1.54, 1.807) is 44.3 Å². The predicted molar refractivity (Wildman–Crippen MR) is 120 cm³/mol. The molecule has 2 aromatic carbocycles. The summed E-state index contributed by atoms with van der Waals surface area (Å²) in [5, 5.41) is 0.702. The van der Waals surface area contributed by atoms with E-state index in [0.29, 0.717) is 28.2 Å². The summed E-state index contributed by atoms with van der Waals surface area (Å²) < 4.78 is 12.1. The minimum Gasteiger partial charge on any atom is -0.456 e. The molecule has 0 radical (unpaired) electrons. The summed E-state index contributed by atoms with van der Waals surface area (Å²) in [7, 11) is 1.57.